The fourth-order valence-electron chi connectivity index (χ4n) is 3.24. The Bertz CT molecular complexity index is 941. The van der Waals surface area contributed by atoms with Gasteiger partial charge in [-0.05, 0) is 0 Å². The molecule has 0 saturated carbocycles. The fourth-order valence-corrected chi connectivity index (χ4v) is 3.96. The van der Waals surface area contributed by atoms with E-state index in [0.29, 0.717) is 0 Å². The van der Waals surface area contributed by atoms with E-state index >= 15 is 0 Å². The third-order valence-electron chi connectivity index (χ3n) is 4.23. The Kier molecular flexibility index (Phi) is 5.42. The van der Waals surface area contributed by atoms with Crippen molar-refractivity contribution in [3.8, 4) is 11.8 Å². The number of nitrogens with zero attached hydrogens (tertiary/aromatic N) is 1. The summed E-state index contributed by atoms with van der Waals surface area (Å²) in [4.78, 5) is 38.0. The normalized spacial score (nSPS) is 31.3. The Morgan fingerprint density at radius 2 is 2.30 bits per heavy atom. The first-order chi connectivity index (χ1) is 12.7. The molecule has 0 amide bonds. The van der Waals surface area contributed by atoms with Gasteiger partial charge in [0.2, 0.25) is 0 Å². The number of hydrogen-bond acceptors (Lipinski definition) is 9. The maximum atomic E-state index is 12.3. The molecule has 148 valence electrons. The Labute approximate surface area is 153 Å². The molecule has 2 unspecified atom stereocenters. The molecule has 12 heteroatoms. The summed E-state index contributed by atoms with van der Waals surface area (Å²) in [5, 5.41) is 0. The van der Waals surface area contributed by atoms with Crippen LogP contribution < -0.4 is 21.9 Å². The highest BCUT2D eigenvalue weighted by Crippen LogP contribution is 2.51. The highest BCUT2D eigenvalue weighted by molar-refractivity contribution is 7.50. The highest BCUT2D eigenvalue weighted by Gasteiger charge is 2.64. The predicted octanol–water partition coefficient (Wildman–Crippen LogP) is -2.27. The van der Waals surface area contributed by atoms with Gasteiger partial charge in [-0.1, -0.05) is 11.8 Å². The van der Waals surface area contributed by atoms with Crippen LogP contribution in [0.25, 0.3) is 0 Å². The van der Waals surface area contributed by atoms with Crippen molar-refractivity contribution in [1.82, 2.24) is 9.55 Å². The van der Waals surface area contributed by atoms with Gasteiger partial charge >= 0.3 is 5.69 Å². The minimum Gasteiger partial charge on any atom is -0.779 e. The van der Waals surface area contributed by atoms with Crippen LogP contribution in [-0.4, -0.2) is 60.9 Å². The minimum atomic E-state index is -4.12. The second-order valence-electron chi connectivity index (χ2n) is 6.29. The van der Waals surface area contributed by atoms with Crippen LogP contribution in [0.5, 0.6) is 0 Å². The Hall–Kier alpha value is -1.77. The number of rotatable bonds is 5. The van der Waals surface area contributed by atoms with Gasteiger partial charge in [-0.25, -0.2) is 4.79 Å². The van der Waals surface area contributed by atoms with E-state index < -0.39 is 42.9 Å². The first-order valence-electron chi connectivity index (χ1n) is 8.00. The number of aromatic nitrogens is 2. The summed E-state index contributed by atoms with van der Waals surface area (Å²) in [6.07, 6.45) is -1.72. The van der Waals surface area contributed by atoms with Crippen molar-refractivity contribution in [2.45, 2.75) is 24.0 Å². The van der Waals surface area contributed by atoms with Gasteiger partial charge in [-0.15, -0.1) is 0 Å². The predicted molar refractivity (Wildman–Crippen MR) is 90.1 cm³/mol. The quantitative estimate of drug-likeness (QED) is 0.410. The van der Waals surface area contributed by atoms with Crippen LogP contribution in [-0.2, 0) is 23.3 Å². The van der Waals surface area contributed by atoms with E-state index in [1.807, 2.05) is 0 Å². The van der Waals surface area contributed by atoms with E-state index in [-0.39, 0.29) is 25.3 Å². The monoisotopic (exact) mass is 400 g/mol. The van der Waals surface area contributed by atoms with Gasteiger partial charge < -0.3 is 33.9 Å². The van der Waals surface area contributed by atoms with Crippen LogP contribution in [0.15, 0.2) is 15.8 Å². The number of H-pyrrole nitrogens is 1. The van der Waals surface area contributed by atoms with E-state index in [2.05, 4.69) is 16.8 Å². The molecule has 2 saturated heterocycles. The number of aromatic amines is 1. The summed E-state index contributed by atoms with van der Waals surface area (Å²) in [5.74, 6) is 5.10. The first kappa shape index (κ1) is 20.0. The fraction of sp³-hybridized carbons (Fsp3) is 0.600. The molecule has 1 aromatic heterocycles. The minimum absolute atomic E-state index is 0.00896. The van der Waals surface area contributed by atoms with E-state index in [9.17, 15) is 19.0 Å². The SMILES string of the molecule is COC[C@]12COC([C@H](n3cc(C#CCN)c(=O)[nH]c3=O)O1)[C@@H]2OP(C)(=O)[O-]. The molecule has 3 N–H and O–H groups in total. The van der Waals surface area contributed by atoms with Gasteiger partial charge in [0.25, 0.3) is 5.56 Å². The van der Waals surface area contributed by atoms with Gasteiger partial charge in [0.1, 0.15) is 31.0 Å². The summed E-state index contributed by atoms with van der Waals surface area (Å²) in [7, 11) is -2.70. The molecule has 0 aromatic carbocycles. The lowest BCUT2D eigenvalue weighted by Crippen LogP contribution is -2.46. The van der Waals surface area contributed by atoms with Crippen LogP contribution in [0.2, 0.25) is 0 Å². The van der Waals surface area contributed by atoms with Gasteiger partial charge in [0, 0.05) is 20.0 Å². The van der Waals surface area contributed by atoms with Crippen molar-refractivity contribution >= 4 is 7.60 Å². The van der Waals surface area contributed by atoms with Gasteiger partial charge in [-0.2, -0.15) is 0 Å². The maximum absolute atomic E-state index is 12.3. The number of methoxy groups -OCH3 is 1. The van der Waals surface area contributed by atoms with Crippen LogP contribution in [0.1, 0.15) is 11.8 Å². The summed E-state index contributed by atoms with van der Waals surface area (Å²) in [6.45, 7) is 0.993. The van der Waals surface area contributed by atoms with Crippen molar-refractivity contribution < 1.29 is 28.2 Å². The molecule has 2 aliphatic heterocycles. The molecule has 2 aliphatic rings. The number of fused-ring (bicyclic) bond motifs is 2. The van der Waals surface area contributed by atoms with Crippen LogP contribution in [0.4, 0.5) is 0 Å². The van der Waals surface area contributed by atoms with Crippen LogP contribution in [0.3, 0.4) is 0 Å². The molecule has 0 radical (unpaired) electrons. The Morgan fingerprint density at radius 3 is 2.93 bits per heavy atom. The lowest BCUT2D eigenvalue weighted by Gasteiger charge is -2.32. The molecule has 0 spiro atoms. The largest absolute Gasteiger partial charge is 0.779 e. The molecule has 3 rings (SSSR count). The number of hydrogen-bond donors (Lipinski definition) is 2. The first-order valence-corrected chi connectivity index (χ1v) is 9.99. The van der Waals surface area contributed by atoms with Crippen molar-refractivity contribution in [2.75, 3.05) is 33.5 Å². The second-order valence-corrected chi connectivity index (χ2v) is 8.05. The summed E-state index contributed by atoms with van der Waals surface area (Å²) in [6, 6.07) is 0. The molecule has 0 aliphatic carbocycles. The Morgan fingerprint density at radius 1 is 1.56 bits per heavy atom. The zero-order valence-electron chi connectivity index (χ0n) is 14.7. The van der Waals surface area contributed by atoms with E-state index in [0.717, 1.165) is 11.2 Å². The standard InChI is InChI=1S/C15H20N3O8P/c1-23-7-15-8-24-10(11(15)26-27(2,21)22)13(25-15)18-6-9(4-3-5-16)12(19)17-14(18)20/h6,10-11,13H,5,7-8,16H2,1-2H3,(H,21,22)(H,17,19,20)/p-1/t10?,11-,13+,15+/m0/s1. The Balaban J connectivity index is 2.03. The molecule has 2 bridgehead atoms. The molecule has 27 heavy (non-hydrogen) atoms. The zero-order chi connectivity index (χ0) is 19.8. The number of nitrogens with two attached hydrogens (primary N) is 1. The van der Waals surface area contributed by atoms with E-state index in [4.69, 9.17) is 24.5 Å². The molecular weight excluding hydrogens is 381 g/mol. The smallest absolute Gasteiger partial charge is 0.330 e. The molecule has 1 aromatic rings. The van der Waals surface area contributed by atoms with Crippen LogP contribution >= 0.6 is 7.60 Å². The van der Waals surface area contributed by atoms with Crippen LogP contribution in [0, 0.1) is 11.8 Å². The van der Waals surface area contributed by atoms with E-state index in [1.165, 1.54) is 13.3 Å². The van der Waals surface area contributed by atoms with Crippen molar-refractivity contribution in [3.05, 3.63) is 32.6 Å². The van der Waals surface area contributed by atoms with E-state index in [1.54, 1.807) is 0 Å². The van der Waals surface area contributed by atoms with Gasteiger partial charge in [0.05, 0.1) is 19.8 Å². The molecule has 3 heterocycles. The maximum Gasteiger partial charge on any atom is 0.330 e. The molecule has 2 fully saturated rings. The van der Waals surface area contributed by atoms with Gasteiger partial charge in [-0.3, -0.25) is 14.3 Å². The average Bonchev–Trinajstić information content (AvgIpc) is 3.04. The zero-order valence-corrected chi connectivity index (χ0v) is 15.6. The summed E-state index contributed by atoms with van der Waals surface area (Å²) in [5.41, 5.74) is 2.68. The van der Waals surface area contributed by atoms with Gasteiger partial charge in [0.15, 0.2) is 6.23 Å². The van der Waals surface area contributed by atoms with Crippen molar-refractivity contribution in [2.24, 2.45) is 5.73 Å². The van der Waals surface area contributed by atoms with Crippen molar-refractivity contribution in [1.29, 1.82) is 0 Å². The highest BCUT2D eigenvalue weighted by atomic mass is 31.2. The topological polar surface area (TPSA) is 158 Å². The lowest BCUT2D eigenvalue weighted by atomic mass is 10.0. The summed E-state index contributed by atoms with van der Waals surface area (Å²) < 4.78 is 34.7. The third kappa shape index (κ3) is 3.79. The average molecular weight is 400 g/mol. The van der Waals surface area contributed by atoms with Crippen molar-refractivity contribution in [3.63, 3.8) is 0 Å². The third-order valence-corrected chi connectivity index (χ3v) is 4.84. The molecule has 11 nitrogen and oxygen atoms in total. The molecular formula is C15H19N3O8P-. The lowest BCUT2D eigenvalue weighted by molar-refractivity contribution is -0.208. The number of ether oxygens (including phenoxy) is 3. The number of nitrogens with one attached hydrogen (secondary N) is 1. The molecule has 5 atom stereocenters. The second kappa shape index (κ2) is 7.33. The summed E-state index contributed by atoms with van der Waals surface area (Å²) >= 11 is 0.